The van der Waals surface area contributed by atoms with E-state index in [1.165, 1.54) is 6.07 Å². The highest BCUT2D eigenvalue weighted by Crippen LogP contribution is 2.23. The molecule has 0 bridgehead atoms. The van der Waals surface area contributed by atoms with Crippen LogP contribution in [0.1, 0.15) is 32.4 Å². The van der Waals surface area contributed by atoms with Crippen molar-refractivity contribution in [2.24, 2.45) is 11.7 Å². The summed E-state index contributed by atoms with van der Waals surface area (Å²) in [7, 11) is 0. The van der Waals surface area contributed by atoms with Gasteiger partial charge < -0.3 is 10.6 Å². The number of rotatable bonds is 5. The Labute approximate surface area is 108 Å². The summed E-state index contributed by atoms with van der Waals surface area (Å²) in [4.78, 5) is 1.87. The Kier molecular flexibility index (Phi) is 5.11. The molecule has 2 atom stereocenters. The highest BCUT2D eigenvalue weighted by molar-refractivity contribution is 5.49. The second-order valence-electron chi connectivity index (χ2n) is 4.57. The molecule has 0 heterocycles. The summed E-state index contributed by atoms with van der Waals surface area (Å²) >= 11 is 0. The van der Waals surface area contributed by atoms with Gasteiger partial charge in [0.2, 0.25) is 0 Å². The number of benzene rings is 1. The number of hydrogen-bond acceptors (Lipinski definition) is 3. The number of halogens is 1. The Bertz CT molecular complexity index is 437. The summed E-state index contributed by atoms with van der Waals surface area (Å²) in [6, 6.07) is 7.03. The van der Waals surface area contributed by atoms with Crippen molar-refractivity contribution < 1.29 is 4.39 Å². The summed E-state index contributed by atoms with van der Waals surface area (Å²) in [5.41, 5.74) is 7.03. The van der Waals surface area contributed by atoms with Crippen LogP contribution in [-0.2, 0) is 0 Å². The first-order chi connectivity index (χ1) is 8.49. The Balaban J connectivity index is 2.97. The number of anilines is 1. The molecule has 2 N–H and O–H groups in total. The molecule has 98 valence electrons. The zero-order valence-electron chi connectivity index (χ0n) is 11.2. The molecule has 18 heavy (non-hydrogen) atoms. The molecule has 0 aliphatic carbocycles. The molecule has 0 spiro atoms. The maximum atomic E-state index is 14.0. The fraction of sp³-hybridized carbons (Fsp3) is 0.500. The van der Waals surface area contributed by atoms with Crippen LogP contribution >= 0.6 is 0 Å². The van der Waals surface area contributed by atoms with Crippen molar-refractivity contribution in [2.45, 2.75) is 26.8 Å². The van der Waals surface area contributed by atoms with Crippen LogP contribution in [0.4, 0.5) is 10.1 Å². The average Bonchev–Trinajstić information content (AvgIpc) is 2.35. The molecule has 0 aliphatic heterocycles. The van der Waals surface area contributed by atoms with Crippen LogP contribution in [0.15, 0.2) is 18.2 Å². The van der Waals surface area contributed by atoms with Gasteiger partial charge in [-0.1, -0.05) is 6.07 Å². The van der Waals surface area contributed by atoms with E-state index in [0.717, 1.165) is 5.56 Å². The molecular formula is C14H20FN3. The van der Waals surface area contributed by atoms with E-state index in [2.05, 4.69) is 6.07 Å². The van der Waals surface area contributed by atoms with Crippen LogP contribution in [-0.4, -0.2) is 13.1 Å². The first kappa shape index (κ1) is 14.5. The summed E-state index contributed by atoms with van der Waals surface area (Å²) in [6.07, 6.45) is 0. The summed E-state index contributed by atoms with van der Waals surface area (Å²) in [6.45, 7) is 6.80. The van der Waals surface area contributed by atoms with E-state index in [1.807, 2.05) is 31.7 Å². The fourth-order valence-corrected chi connectivity index (χ4v) is 1.83. The van der Waals surface area contributed by atoms with E-state index in [-0.39, 0.29) is 17.8 Å². The predicted octanol–water partition coefficient (Wildman–Crippen LogP) is 2.83. The minimum atomic E-state index is -0.281. The van der Waals surface area contributed by atoms with Gasteiger partial charge in [0.1, 0.15) is 5.82 Å². The van der Waals surface area contributed by atoms with Gasteiger partial charge in [-0.2, -0.15) is 5.26 Å². The Morgan fingerprint density at radius 2 is 2.11 bits per heavy atom. The van der Waals surface area contributed by atoms with E-state index in [4.69, 9.17) is 11.0 Å². The van der Waals surface area contributed by atoms with Crippen LogP contribution in [0.25, 0.3) is 0 Å². The number of nitrogens with zero attached hydrogens (tertiary/aromatic N) is 2. The smallest absolute Gasteiger partial charge is 0.146 e. The average molecular weight is 249 g/mol. The number of nitriles is 1. The van der Waals surface area contributed by atoms with Crippen LogP contribution < -0.4 is 10.6 Å². The van der Waals surface area contributed by atoms with Gasteiger partial charge in [-0.05, 0) is 38.5 Å². The van der Waals surface area contributed by atoms with Crippen LogP contribution in [0, 0.1) is 23.1 Å². The maximum Gasteiger partial charge on any atom is 0.146 e. The fourth-order valence-electron chi connectivity index (χ4n) is 1.83. The van der Waals surface area contributed by atoms with Crippen LogP contribution in [0.2, 0.25) is 0 Å². The van der Waals surface area contributed by atoms with Gasteiger partial charge in [0.25, 0.3) is 0 Å². The number of nitrogens with two attached hydrogens (primary N) is 1. The molecule has 1 aromatic carbocycles. The topological polar surface area (TPSA) is 53.0 Å². The van der Waals surface area contributed by atoms with Crippen molar-refractivity contribution in [3.63, 3.8) is 0 Å². The maximum absolute atomic E-state index is 14.0. The van der Waals surface area contributed by atoms with Crippen molar-refractivity contribution >= 4 is 5.69 Å². The summed E-state index contributed by atoms with van der Waals surface area (Å²) < 4.78 is 14.0. The first-order valence-electron chi connectivity index (χ1n) is 6.19. The quantitative estimate of drug-likeness (QED) is 0.873. The molecular weight excluding hydrogens is 229 g/mol. The molecule has 0 fully saturated rings. The molecule has 0 radical (unpaired) electrons. The lowest BCUT2D eigenvalue weighted by atomic mass is 10.1. The summed E-state index contributed by atoms with van der Waals surface area (Å²) in [5.74, 6) is -0.408. The number of hydrogen-bond donors (Lipinski definition) is 1. The molecule has 4 heteroatoms. The van der Waals surface area contributed by atoms with Gasteiger partial charge in [0.15, 0.2) is 0 Å². The molecule has 0 saturated heterocycles. The lowest BCUT2D eigenvalue weighted by molar-refractivity contribution is 0.603. The SMILES string of the molecule is CCN(CC(C)C#N)c1ccc([C@@H](C)N)cc1F. The van der Waals surface area contributed by atoms with Gasteiger partial charge in [0, 0.05) is 19.1 Å². The third-order valence-corrected chi connectivity index (χ3v) is 2.93. The van der Waals surface area contributed by atoms with Crippen molar-refractivity contribution in [1.82, 2.24) is 0 Å². The van der Waals surface area contributed by atoms with Crippen molar-refractivity contribution in [2.75, 3.05) is 18.0 Å². The van der Waals surface area contributed by atoms with Gasteiger partial charge in [0.05, 0.1) is 17.7 Å². The molecule has 1 aromatic rings. The molecule has 3 nitrogen and oxygen atoms in total. The van der Waals surface area contributed by atoms with Crippen molar-refractivity contribution in [3.05, 3.63) is 29.6 Å². The molecule has 0 amide bonds. The van der Waals surface area contributed by atoms with E-state index in [1.54, 1.807) is 6.07 Å². The minimum Gasteiger partial charge on any atom is -0.368 e. The lowest BCUT2D eigenvalue weighted by Crippen LogP contribution is -2.28. The second-order valence-corrected chi connectivity index (χ2v) is 4.57. The third kappa shape index (κ3) is 3.44. The zero-order chi connectivity index (χ0) is 13.7. The Morgan fingerprint density at radius 3 is 2.56 bits per heavy atom. The molecule has 1 rings (SSSR count). The van der Waals surface area contributed by atoms with Crippen molar-refractivity contribution in [1.29, 1.82) is 5.26 Å². The van der Waals surface area contributed by atoms with Crippen LogP contribution in [0.3, 0.4) is 0 Å². The van der Waals surface area contributed by atoms with Gasteiger partial charge in [-0.3, -0.25) is 0 Å². The monoisotopic (exact) mass is 249 g/mol. The normalized spacial score (nSPS) is 13.8. The summed E-state index contributed by atoms with van der Waals surface area (Å²) in [5, 5.41) is 8.83. The molecule has 0 aromatic heterocycles. The highest BCUT2D eigenvalue weighted by Gasteiger charge is 2.14. The van der Waals surface area contributed by atoms with E-state index in [0.29, 0.717) is 18.8 Å². The molecule has 1 unspecified atom stereocenters. The Morgan fingerprint density at radius 1 is 1.44 bits per heavy atom. The van der Waals surface area contributed by atoms with Crippen molar-refractivity contribution in [3.8, 4) is 6.07 Å². The van der Waals surface area contributed by atoms with E-state index < -0.39 is 0 Å². The first-order valence-corrected chi connectivity index (χ1v) is 6.19. The minimum absolute atomic E-state index is 0.127. The Hall–Kier alpha value is -1.60. The van der Waals surface area contributed by atoms with E-state index >= 15 is 0 Å². The molecule has 0 saturated carbocycles. The van der Waals surface area contributed by atoms with E-state index in [9.17, 15) is 4.39 Å². The van der Waals surface area contributed by atoms with Gasteiger partial charge in [-0.15, -0.1) is 0 Å². The third-order valence-electron chi connectivity index (χ3n) is 2.93. The largest absolute Gasteiger partial charge is 0.368 e. The predicted molar refractivity (Wildman–Crippen MR) is 71.7 cm³/mol. The van der Waals surface area contributed by atoms with Crippen LogP contribution in [0.5, 0.6) is 0 Å². The lowest BCUT2D eigenvalue weighted by Gasteiger charge is -2.25. The highest BCUT2D eigenvalue weighted by atomic mass is 19.1. The second kappa shape index (κ2) is 6.36. The molecule has 0 aliphatic rings. The standard InChI is InChI=1S/C14H20FN3/c1-4-18(9-10(2)8-16)14-6-5-12(11(3)17)7-13(14)15/h5-7,10-11H,4,9,17H2,1-3H3/t10?,11-/m1/s1. The zero-order valence-corrected chi connectivity index (χ0v) is 11.2. The van der Waals surface area contributed by atoms with Gasteiger partial charge >= 0.3 is 0 Å². The van der Waals surface area contributed by atoms with Gasteiger partial charge in [-0.25, -0.2) is 4.39 Å².